The summed E-state index contributed by atoms with van der Waals surface area (Å²) in [5.74, 6) is 0.877. The number of benzene rings is 1. The largest absolute Gasteiger partial charge is 0.496 e. The number of carbonyl (C=O) groups is 1. The van der Waals surface area contributed by atoms with Crippen molar-refractivity contribution in [2.24, 2.45) is 0 Å². The molecule has 1 aromatic rings. The van der Waals surface area contributed by atoms with Gasteiger partial charge in [0.15, 0.2) is 0 Å². The van der Waals surface area contributed by atoms with E-state index in [0.717, 1.165) is 15.1 Å². The lowest BCUT2D eigenvalue weighted by molar-refractivity contribution is -0.139. The van der Waals surface area contributed by atoms with Crippen LogP contribution in [0.15, 0.2) is 27.6 Å². The molecule has 0 saturated carbocycles. The molecule has 0 N–H and O–H groups in total. The van der Waals surface area contributed by atoms with Gasteiger partial charge in [-0.15, -0.1) is 11.8 Å². The van der Waals surface area contributed by atoms with Gasteiger partial charge in [-0.25, -0.2) is 0 Å². The molecule has 0 saturated heterocycles. The van der Waals surface area contributed by atoms with Gasteiger partial charge in [-0.2, -0.15) is 0 Å². The Morgan fingerprint density at radius 3 is 2.88 bits per heavy atom. The van der Waals surface area contributed by atoms with Crippen molar-refractivity contribution >= 4 is 33.7 Å². The van der Waals surface area contributed by atoms with Gasteiger partial charge in [-0.3, -0.25) is 4.79 Å². The summed E-state index contributed by atoms with van der Waals surface area (Å²) in [7, 11) is 1.61. The zero-order valence-corrected chi connectivity index (χ0v) is 11.6. The third-order valence-electron chi connectivity index (χ3n) is 1.78. The molecule has 16 heavy (non-hydrogen) atoms. The Labute approximate surface area is 108 Å². The van der Waals surface area contributed by atoms with E-state index < -0.39 is 0 Å². The fraction of sp³-hybridized carbons (Fsp3) is 0.364. The van der Waals surface area contributed by atoms with Crippen LogP contribution in [0.5, 0.6) is 5.75 Å². The van der Waals surface area contributed by atoms with Crippen molar-refractivity contribution in [2.45, 2.75) is 11.8 Å². The van der Waals surface area contributed by atoms with E-state index in [9.17, 15) is 4.79 Å². The highest BCUT2D eigenvalue weighted by Gasteiger charge is 2.05. The molecule has 0 aliphatic carbocycles. The summed E-state index contributed by atoms with van der Waals surface area (Å²) >= 11 is 4.80. The second-order valence-corrected chi connectivity index (χ2v) is 4.79. The quantitative estimate of drug-likeness (QED) is 0.618. The molecule has 0 heterocycles. The van der Waals surface area contributed by atoms with E-state index in [1.54, 1.807) is 14.0 Å². The average Bonchev–Trinajstić information content (AvgIpc) is 2.28. The molecule has 1 rings (SSSR count). The fourth-order valence-corrected chi connectivity index (χ4v) is 2.21. The van der Waals surface area contributed by atoms with Crippen molar-refractivity contribution in [3.05, 3.63) is 22.7 Å². The maximum Gasteiger partial charge on any atom is 0.316 e. The Balaban J connectivity index is 2.57. The molecule has 5 heteroatoms. The Morgan fingerprint density at radius 2 is 2.25 bits per heavy atom. The Hall–Kier alpha value is -0.680. The molecule has 0 aliphatic rings. The van der Waals surface area contributed by atoms with Crippen molar-refractivity contribution in [3.63, 3.8) is 0 Å². The normalized spacial score (nSPS) is 9.94. The number of hydrogen-bond donors (Lipinski definition) is 0. The highest BCUT2D eigenvalue weighted by atomic mass is 79.9. The molecule has 0 aromatic heterocycles. The lowest BCUT2D eigenvalue weighted by atomic mass is 10.3. The average molecular weight is 305 g/mol. The molecule has 0 spiro atoms. The lowest BCUT2D eigenvalue weighted by Gasteiger charge is -2.06. The van der Waals surface area contributed by atoms with Gasteiger partial charge in [0.2, 0.25) is 0 Å². The van der Waals surface area contributed by atoms with Crippen LogP contribution in [0.2, 0.25) is 0 Å². The number of thioether (sulfide) groups is 1. The zero-order chi connectivity index (χ0) is 12.0. The number of esters is 1. The van der Waals surface area contributed by atoms with Gasteiger partial charge in [0, 0.05) is 4.90 Å². The predicted octanol–water partition coefficient (Wildman–Crippen LogP) is 3.11. The number of carbonyl (C=O) groups excluding carboxylic acids is 1. The van der Waals surface area contributed by atoms with E-state index in [-0.39, 0.29) is 5.97 Å². The Kier molecular flexibility index (Phi) is 5.69. The van der Waals surface area contributed by atoms with Crippen molar-refractivity contribution < 1.29 is 14.3 Å². The summed E-state index contributed by atoms with van der Waals surface area (Å²) in [5.41, 5.74) is 0. The van der Waals surface area contributed by atoms with E-state index in [1.165, 1.54) is 11.8 Å². The molecular weight excluding hydrogens is 292 g/mol. The lowest BCUT2D eigenvalue weighted by Crippen LogP contribution is -2.06. The number of hydrogen-bond acceptors (Lipinski definition) is 4. The molecule has 0 amide bonds. The number of halogens is 1. The summed E-state index contributed by atoms with van der Waals surface area (Å²) in [6.45, 7) is 2.22. The van der Waals surface area contributed by atoms with Crippen molar-refractivity contribution in [3.8, 4) is 5.75 Å². The van der Waals surface area contributed by atoms with Gasteiger partial charge in [-0.1, -0.05) is 0 Å². The molecule has 3 nitrogen and oxygen atoms in total. The summed E-state index contributed by atoms with van der Waals surface area (Å²) in [6, 6.07) is 5.71. The maximum atomic E-state index is 11.2. The van der Waals surface area contributed by atoms with Crippen molar-refractivity contribution in [2.75, 3.05) is 19.5 Å². The van der Waals surface area contributed by atoms with Crippen LogP contribution < -0.4 is 4.74 Å². The molecular formula is C11H13BrO3S. The minimum atomic E-state index is -0.200. The third-order valence-corrected chi connectivity index (χ3v) is 3.41. The third kappa shape index (κ3) is 4.06. The number of methoxy groups -OCH3 is 1. The van der Waals surface area contributed by atoms with E-state index in [1.807, 2.05) is 18.2 Å². The topological polar surface area (TPSA) is 35.5 Å². The monoisotopic (exact) mass is 304 g/mol. The molecule has 0 bridgehead atoms. The van der Waals surface area contributed by atoms with Crippen molar-refractivity contribution in [1.29, 1.82) is 0 Å². The summed E-state index contributed by atoms with van der Waals surface area (Å²) in [6.07, 6.45) is 0. The molecule has 1 aromatic carbocycles. The van der Waals surface area contributed by atoms with Gasteiger partial charge in [-0.05, 0) is 41.1 Å². The van der Waals surface area contributed by atoms with Crippen LogP contribution in [0.1, 0.15) is 6.92 Å². The van der Waals surface area contributed by atoms with Crippen LogP contribution in [0.3, 0.4) is 0 Å². The van der Waals surface area contributed by atoms with Crippen molar-refractivity contribution in [1.82, 2.24) is 0 Å². The van der Waals surface area contributed by atoms with Crippen LogP contribution in [0, 0.1) is 0 Å². The first-order valence-electron chi connectivity index (χ1n) is 4.79. The molecule has 0 fully saturated rings. The van der Waals surface area contributed by atoms with Crippen LogP contribution >= 0.6 is 27.7 Å². The number of rotatable bonds is 5. The summed E-state index contributed by atoms with van der Waals surface area (Å²) in [4.78, 5) is 12.1. The van der Waals surface area contributed by atoms with E-state index in [2.05, 4.69) is 15.9 Å². The fourth-order valence-electron chi connectivity index (χ4n) is 1.07. The minimum absolute atomic E-state index is 0.200. The molecule has 0 unspecified atom stereocenters. The van der Waals surface area contributed by atoms with Gasteiger partial charge in [0.05, 0.1) is 23.9 Å². The molecule has 88 valence electrons. The van der Waals surface area contributed by atoms with E-state index >= 15 is 0 Å². The standard InChI is InChI=1S/C11H13BrO3S/c1-3-15-11(13)7-16-8-4-5-9(12)10(6-8)14-2/h4-6H,3,7H2,1-2H3. The van der Waals surface area contributed by atoms with Crippen LogP contribution in [-0.2, 0) is 9.53 Å². The van der Waals surface area contributed by atoms with Gasteiger partial charge >= 0.3 is 5.97 Å². The van der Waals surface area contributed by atoms with Gasteiger partial charge in [0.1, 0.15) is 5.75 Å². The highest BCUT2D eigenvalue weighted by Crippen LogP contribution is 2.30. The summed E-state index contributed by atoms with van der Waals surface area (Å²) < 4.78 is 10.9. The molecule has 0 radical (unpaired) electrons. The minimum Gasteiger partial charge on any atom is -0.496 e. The first kappa shape index (κ1) is 13.4. The molecule has 0 aliphatic heterocycles. The Bertz CT molecular complexity index is 368. The second-order valence-electron chi connectivity index (χ2n) is 2.89. The van der Waals surface area contributed by atoms with Gasteiger partial charge < -0.3 is 9.47 Å². The summed E-state index contributed by atoms with van der Waals surface area (Å²) in [5, 5.41) is 0. The van der Waals surface area contributed by atoms with E-state index in [4.69, 9.17) is 9.47 Å². The zero-order valence-electron chi connectivity index (χ0n) is 9.16. The maximum absolute atomic E-state index is 11.2. The highest BCUT2D eigenvalue weighted by molar-refractivity contribution is 9.10. The Morgan fingerprint density at radius 1 is 1.50 bits per heavy atom. The van der Waals surface area contributed by atoms with Gasteiger partial charge in [0.25, 0.3) is 0 Å². The van der Waals surface area contributed by atoms with E-state index in [0.29, 0.717) is 12.4 Å². The smallest absolute Gasteiger partial charge is 0.316 e. The predicted molar refractivity (Wildman–Crippen MR) is 68.1 cm³/mol. The number of ether oxygens (including phenoxy) is 2. The van der Waals surface area contributed by atoms with Crippen LogP contribution in [0.4, 0.5) is 0 Å². The first-order valence-corrected chi connectivity index (χ1v) is 6.57. The van der Waals surface area contributed by atoms with Crippen LogP contribution in [0.25, 0.3) is 0 Å². The SMILES string of the molecule is CCOC(=O)CSc1ccc(Br)c(OC)c1. The second kappa shape index (κ2) is 6.81. The van der Waals surface area contributed by atoms with Crippen LogP contribution in [-0.4, -0.2) is 25.4 Å². The molecule has 0 atom stereocenters. The first-order chi connectivity index (χ1) is 7.67.